The maximum Gasteiger partial charge on any atom is 0.164 e. The van der Waals surface area contributed by atoms with Gasteiger partial charge in [-0.25, -0.2) is 0 Å². The highest BCUT2D eigenvalue weighted by molar-refractivity contribution is 5.73. The van der Waals surface area contributed by atoms with Crippen molar-refractivity contribution in [3.63, 3.8) is 0 Å². The van der Waals surface area contributed by atoms with Crippen LogP contribution in [0.3, 0.4) is 0 Å². The Bertz CT molecular complexity index is 791. The Morgan fingerprint density at radius 2 is 1.82 bits per heavy atom. The summed E-state index contributed by atoms with van der Waals surface area (Å²) in [7, 11) is 0. The van der Waals surface area contributed by atoms with Crippen LogP contribution in [-0.4, -0.2) is 19.9 Å². The molecule has 2 aromatic heterocycles. The van der Waals surface area contributed by atoms with E-state index in [0.29, 0.717) is 5.69 Å². The van der Waals surface area contributed by atoms with Gasteiger partial charge in [-0.05, 0) is 39.0 Å². The van der Waals surface area contributed by atoms with E-state index in [1.165, 1.54) is 0 Å². The standard InChI is InChI=1S/C18H19N3O/c1-12(2)21-13(3)18(22)17(20-21)15-8-6-7-14(11-15)16-9-4-5-10-19-16/h4-12,22H,1-3H3. The van der Waals surface area contributed by atoms with Gasteiger partial charge >= 0.3 is 0 Å². The average molecular weight is 293 g/mol. The van der Waals surface area contributed by atoms with E-state index in [-0.39, 0.29) is 11.8 Å². The molecule has 0 unspecified atom stereocenters. The second-order valence-electron chi connectivity index (χ2n) is 5.62. The number of nitrogens with zero attached hydrogens (tertiary/aromatic N) is 3. The van der Waals surface area contributed by atoms with Crippen LogP contribution < -0.4 is 0 Å². The topological polar surface area (TPSA) is 50.9 Å². The number of hydrogen-bond acceptors (Lipinski definition) is 3. The lowest BCUT2D eigenvalue weighted by Crippen LogP contribution is -2.04. The van der Waals surface area contributed by atoms with Crippen LogP contribution in [0.25, 0.3) is 22.5 Å². The van der Waals surface area contributed by atoms with E-state index in [2.05, 4.69) is 10.1 Å². The van der Waals surface area contributed by atoms with Crippen LogP contribution in [0.1, 0.15) is 25.6 Å². The number of aromatic nitrogens is 3. The summed E-state index contributed by atoms with van der Waals surface area (Å²) in [6, 6.07) is 14.0. The second-order valence-corrected chi connectivity index (χ2v) is 5.62. The Morgan fingerprint density at radius 1 is 1.05 bits per heavy atom. The molecule has 4 heteroatoms. The van der Waals surface area contributed by atoms with Crippen molar-refractivity contribution >= 4 is 0 Å². The molecule has 0 atom stereocenters. The molecule has 0 saturated heterocycles. The molecule has 112 valence electrons. The van der Waals surface area contributed by atoms with Crippen molar-refractivity contribution in [2.75, 3.05) is 0 Å². The first-order valence-electron chi connectivity index (χ1n) is 7.38. The maximum absolute atomic E-state index is 10.4. The molecule has 22 heavy (non-hydrogen) atoms. The predicted octanol–water partition coefficient (Wildman–Crippen LogP) is 4.21. The van der Waals surface area contributed by atoms with Gasteiger partial charge in [0.05, 0.1) is 11.4 Å². The second kappa shape index (κ2) is 5.64. The molecule has 3 aromatic rings. The zero-order valence-electron chi connectivity index (χ0n) is 13.0. The third kappa shape index (κ3) is 2.48. The highest BCUT2D eigenvalue weighted by Gasteiger charge is 2.17. The van der Waals surface area contributed by atoms with E-state index in [9.17, 15) is 5.11 Å². The summed E-state index contributed by atoms with van der Waals surface area (Å²) in [5, 5.41) is 14.9. The Hall–Kier alpha value is -2.62. The lowest BCUT2D eigenvalue weighted by molar-refractivity contribution is 0.461. The summed E-state index contributed by atoms with van der Waals surface area (Å²) in [5.41, 5.74) is 4.21. The summed E-state index contributed by atoms with van der Waals surface area (Å²) in [4.78, 5) is 4.37. The minimum absolute atomic E-state index is 0.207. The highest BCUT2D eigenvalue weighted by Crippen LogP contribution is 2.34. The van der Waals surface area contributed by atoms with E-state index in [0.717, 1.165) is 22.5 Å². The molecule has 3 rings (SSSR count). The van der Waals surface area contributed by atoms with Crippen molar-refractivity contribution in [3.05, 3.63) is 54.4 Å². The fraction of sp³-hybridized carbons (Fsp3) is 0.222. The molecule has 0 amide bonds. The van der Waals surface area contributed by atoms with Crippen LogP contribution in [0, 0.1) is 6.92 Å². The van der Waals surface area contributed by atoms with Crippen LogP contribution >= 0.6 is 0 Å². The van der Waals surface area contributed by atoms with Gasteiger partial charge in [-0.2, -0.15) is 5.10 Å². The zero-order valence-corrected chi connectivity index (χ0v) is 13.0. The van der Waals surface area contributed by atoms with Gasteiger partial charge in [0, 0.05) is 23.4 Å². The SMILES string of the molecule is Cc1c(O)c(-c2cccc(-c3ccccn3)c2)nn1C(C)C. The van der Waals surface area contributed by atoms with Gasteiger partial charge in [0.15, 0.2) is 5.75 Å². The van der Waals surface area contributed by atoms with E-state index in [1.54, 1.807) is 6.20 Å². The van der Waals surface area contributed by atoms with Crippen molar-refractivity contribution < 1.29 is 5.11 Å². The van der Waals surface area contributed by atoms with Crippen molar-refractivity contribution in [2.24, 2.45) is 0 Å². The summed E-state index contributed by atoms with van der Waals surface area (Å²) in [6.45, 7) is 5.98. The molecule has 0 spiro atoms. The third-order valence-electron chi connectivity index (χ3n) is 3.70. The van der Waals surface area contributed by atoms with Gasteiger partial charge in [0.1, 0.15) is 5.69 Å². The first-order chi connectivity index (χ1) is 10.6. The number of hydrogen-bond donors (Lipinski definition) is 1. The molecule has 0 radical (unpaired) electrons. The summed E-state index contributed by atoms with van der Waals surface area (Å²) in [6.07, 6.45) is 1.77. The van der Waals surface area contributed by atoms with E-state index < -0.39 is 0 Å². The Kier molecular flexibility index (Phi) is 3.67. The van der Waals surface area contributed by atoms with E-state index in [4.69, 9.17) is 0 Å². The minimum atomic E-state index is 0.207. The Morgan fingerprint density at radius 3 is 2.45 bits per heavy atom. The van der Waals surface area contributed by atoms with Crippen LogP contribution in [0.2, 0.25) is 0 Å². The first-order valence-corrected chi connectivity index (χ1v) is 7.38. The van der Waals surface area contributed by atoms with Crippen LogP contribution in [0.5, 0.6) is 5.75 Å². The molecule has 0 bridgehead atoms. The molecule has 0 saturated carbocycles. The van der Waals surface area contributed by atoms with Gasteiger partial charge in [-0.15, -0.1) is 0 Å². The van der Waals surface area contributed by atoms with E-state index >= 15 is 0 Å². The fourth-order valence-electron chi connectivity index (χ4n) is 2.57. The van der Waals surface area contributed by atoms with Crippen LogP contribution in [0.4, 0.5) is 0 Å². The number of benzene rings is 1. The molecule has 2 heterocycles. The van der Waals surface area contributed by atoms with Crippen LogP contribution in [-0.2, 0) is 0 Å². The molecule has 0 aliphatic rings. The molecular weight excluding hydrogens is 274 g/mol. The lowest BCUT2D eigenvalue weighted by Gasteiger charge is -2.06. The van der Waals surface area contributed by atoms with Crippen LogP contribution in [0.15, 0.2) is 48.7 Å². The predicted molar refractivity (Wildman–Crippen MR) is 87.7 cm³/mol. The quantitative estimate of drug-likeness (QED) is 0.787. The monoisotopic (exact) mass is 293 g/mol. The minimum Gasteiger partial charge on any atom is -0.504 e. The summed E-state index contributed by atoms with van der Waals surface area (Å²) >= 11 is 0. The Labute approximate surface area is 130 Å². The van der Waals surface area contributed by atoms with Gasteiger partial charge in [-0.1, -0.05) is 24.3 Å². The van der Waals surface area contributed by atoms with Gasteiger partial charge in [0.25, 0.3) is 0 Å². The Balaban J connectivity index is 2.09. The van der Waals surface area contributed by atoms with Crippen molar-refractivity contribution in [3.8, 4) is 28.3 Å². The molecule has 0 fully saturated rings. The van der Waals surface area contributed by atoms with Crippen molar-refractivity contribution in [1.29, 1.82) is 0 Å². The molecule has 1 N–H and O–H groups in total. The van der Waals surface area contributed by atoms with Gasteiger partial charge in [-0.3, -0.25) is 9.67 Å². The summed E-state index contributed by atoms with van der Waals surface area (Å²) < 4.78 is 1.85. The third-order valence-corrected chi connectivity index (χ3v) is 3.70. The first kappa shape index (κ1) is 14.3. The highest BCUT2D eigenvalue weighted by atomic mass is 16.3. The summed E-state index contributed by atoms with van der Waals surface area (Å²) in [5.74, 6) is 0.242. The van der Waals surface area contributed by atoms with Crippen molar-refractivity contribution in [2.45, 2.75) is 26.8 Å². The smallest absolute Gasteiger partial charge is 0.164 e. The molecular formula is C18H19N3O. The van der Waals surface area contributed by atoms with Gasteiger partial charge < -0.3 is 5.11 Å². The molecule has 0 aliphatic heterocycles. The number of aromatic hydroxyl groups is 1. The zero-order chi connectivity index (χ0) is 15.7. The van der Waals surface area contributed by atoms with E-state index in [1.807, 2.05) is 67.9 Å². The molecule has 1 aromatic carbocycles. The normalized spacial score (nSPS) is 11.1. The largest absolute Gasteiger partial charge is 0.504 e. The molecule has 4 nitrogen and oxygen atoms in total. The van der Waals surface area contributed by atoms with Gasteiger partial charge in [0.2, 0.25) is 0 Å². The number of rotatable bonds is 3. The van der Waals surface area contributed by atoms with Crippen molar-refractivity contribution in [1.82, 2.24) is 14.8 Å². The average Bonchev–Trinajstić information content (AvgIpc) is 2.84. The lowest BCUT2D eigenvalue weighted by atomic mass is 10.0. The maximum atomic E-state index is 10.4. The molecule has 0 aliphatic carbocycles. The number of pyridine rings is 1. The fourth-order valence-corrected chi connectivity index (χ4v) is 2.57.